The Bertz CT molecular complexity index is 877. The number of esters is 1. The molecule has 124 valence electrons. The van der Waals surface area contributed by atoms with E-state index in [1.54, 1.807) is 26.0 Å². The van der Waals surface area contributed by atoms with Crippen molar-refractivity contribution < 1.29 is 18.4 Å². The fourth-order valence-electron chi connectivity index (χ4n) is 2.22. The van der Waals surface area contributed by atoms with Crippen molar-refractivity contribution in [3.63, 3.8) is 0 Å². The zero-order valence-electron chi connectivity index (χ0n) is 13.2. The number of halogens is 1. The third-order valence-electron chi connectivity index (χ3n) is 3.29. The molecule has 0 spiro atoms. The summed E-state index contributed by atoms with van der Waals surface area (Å²) in [5.41, 5.74) is 1.08. The highest BCUT2D eigenvalue weighted by molar-refractivity contribution is 6.04. The highest BCUT2D eigenvalue weighted by Crippen LogP contribution is 2.25. The molecule has 0 unspecified atom stereocenters. The third-order valence-corrected chi connectivity index (χ3v) is 3.29. The number of hydrogen-bond acceptors (Lipinski definition) is 7. The Kier molecular flexibility index (Phi) is 4.37. The number of carbonyl (C=O) groups excluding carboxylic acids is 1. The van der Waals surface area contributed by atoms with Crippen LogP contribution in [0.2, 0.25) is 0 Å². The Balaban J connectivity index is 1.94. The monoisotopic (exact) mass is 330 g/mol. The maximum absolute atomic E-state index is 13.0. The summed E-state index contributed by atoms with van der Waals surface area (Å²) < 4.78 is 23.1. The fraction of sp³-hybridized carbons (Fsp3) is 0.250. The van der Waals surface area contributed by atoms with E-state index in [2.05, 4.69) is 20.4 Å². The molecule has 2 aromatic heterocycles. The van der Waals surface area contributed by atoms with Gasteiger partial charge in [0.15, 0.2) is 0 Å². The molecule has 0 saturated carbocycles. The molecule has 3 aromatic rings. The normalized spacial score (nSPS) is 10.8. The molecular weight excluding hydrogens is 315 g/mol. The average Bonchev–Trinajstić information content (AvgIpc) is 2.98. The molecule has 0 amide bonds. The Labute approximate surface area is 136 Å². The number of carbonyl (C=O) groups is 1. The van der Waals surface area contributed by atoms with Crippen molar-refractivity contribution >= 4 is 22.9 Å². The molecule has 0 atom stereocenters. The predicted molar refractivity (Wildman–Crippen MR) is 84.0 cm³/mol. The van der Waals surface area contributed by atoms with Gasteiger partial charge >= 0.3 is 5.97 Å². The first-order valence-electron chi connectivity index (χ1n) is 7.38. The van der Waals surface area contributed by atoms with Crippen LogP contribution in [0.3, 0.4) is 0 Å². The summed E-state index contributed by atoms with van der Waals surface area (Å²) in [6.45, 7) is 4.01. The van der Waals surface area contributed by atoms with E-state index < -0.39 is 5.97 Å². The van der Waals surface area contributed by atoms with Crippen molar-refractivity contribution in [2.45, 2.75) is 20.4 Å². The number of hydrogen-bond donors (Lipinski definition) is 1. The molecule has 1 N–H and O–H groups in total. The molecule has 0 saturated heterocycles. The van der Waals surface area contributed by atoms with Gasteiger partial charge in [0, 0.05) is 6.54 Å². The first-order chi connectivity index (χ1) is 11.6. The van der Waals surface area contributed by atoms with Gasteiger partial charge < -0.3 is 14.6 Å². The zero-order chi connectivity index (χ0) is 17.1. The number of aromatic nitrogens is 3. The molecular formula is C16H15FN4O3. The van der Waals surface area contributed by atoms with Gasteiger partial charge in [-0.3, -0.25) is 0 Å². The van der Waals surface area contributed by atoms with Gasteiger partial charge in [-0.2, -0.15) is 4.98 Å². The maximum atomic E-state index is 13.0. The predicted octanol–water partition coefficient (Wildman–Crippen LogP) is 2.85. The third kappa shape index (κ3) is 3.17. The number of rotatable bonds is 5. The van der Waals surface area contributed by atoms with Crippen LogP contribution in [-0.4, -0.2) is 27.7 Å². The van der Waals surface area contributed by atoms with Crippen LogP contribution in [-0.2, 0) is 11.3 Å². The van der Waals surface area contributed by atoms with E-state index in [1.165, 1.54) is 12.1 Å². The standard InChI is InChI=1S/C16H15FN4O3/c1-3-23-16(22)13-12-14(19-9(2)20-15(12)24-21-13)18-8-10-4-6-11(17)7-5-10/h4-7H,3,8H2,1-2H3,(H,18,19,20). The van der Waals surface area contributed by atoms with E-state index in [0.29, 0.717) is 23.6 Å². The SMILES string of the molecule is CCOC(=O)c1noc2nc(C)nc(NCc3ccc(F)cc3)c12. The summed E-state index contributed by atoms with van der Waals surface area (Å²) in [5, 5.41) is 7.21. The second kappa shape index (κ2) is 6.61. The van der Waals surface area contributed by atoms with Crippen LogP contribution in [0, 0.1) is 12.7 Å². The Morgan fingerprint density at radius 1 is 1.29 bits per heavy atom. The van der Waals surface area contributed by atoms with Crippen LogP contribution >= 0.6 is 0 Å². The van der Waals surface area contributed by atoms with Crippen LogP contribution < -0.4 is 5.32 Å². The molecule has 0 aliphatic carbocycles. The van der Waals surface area contributed by atoms with Crippen LogP contribution in [0.15, 0.2) is 28.8 Å². The minimum atomic E-state index is -0.603. The minimum Gasteiger partial charge on any atom is -0.461 e. The Morgan fingerprint density at radius 3 is 2.75 bits per heavy atom. The van der Waals surface area contributed by atoms with Gasteiger partial charge in [0.25, 0.3) is 5.71 Å². The van der Waals surface area contributed by atoms with E-state index in [0.717, 1.165) is 5.56 Å². The van der Waals surface area contributed by atoms with E-state index in [1.807, 2.05) is 0 Å². The molecule has 2 heterocycles. The Hall–Kier alpha value is -3.03. The van der Waals surface area contributed by atoms with E-state index >= 15 is 0 Å². The first kappa shape index (κ1) is 15.9. The van der Waals surface area contributed by atoms with Crippen LogP contribution in [0.4, 0.5) is 10.2 Å². The number of aryl methyl sites for hydroxylation is 1. The molecule has 0 aliphatic heterocycles. The molecule has 24 heavy (non-hydrogen) atoms. The summed E-state index contributed by atoms with van der Waals surface area (Å²) in [6, 6.07) is 6.07. The lowest BCUT2D eigenvalue weighted by molar-refractivity contribution is 0.0517. The molecule has 0 radical (unpaired) electrons. The van der Waals surface area contributed by atoms with Crippen LogP contribution in [0.5, 0.6) is 0 Å². The van der Waals surface area contributed by atoms with Crippen LogP contribution in [0.1, 0.15) is 28.8 Å². The molecule has 0 bridgehead atoms. The molecule has 3 rings (SSSR count). The van der Waals surface area contributed by atoms with Gasteiger partial charge in [0.1, 0.15) is 22.8 Å². The van der Waals surface area contributed by atoms with E-state index in [4.69, 9.17) is 9.26 Å². The number of anilines is 1. The number of benzene rings is 1. The van der Waals surface area contributed by atoms with Gasteiger partial charge in [0.05, 0.1) is 6.61 Å². The number of fused-ring (bicyclic) bond motifs is 1. The lowest BCUT2D eigenvalue weighted by atomic mass is 10.2. The molecule has 0 fully saturated rings. The smallest absolute Gasteiger partial charge is 0.361 e. The van der Waals surface area contributed by atoms with Crippen molar-refractivity contribution in [1.82, 2.24) is 15.1 Å². The first-order valence-corrected chi connectivity index (χ1v) is 7.38. The van der Waals surface area contributed by atoms with Gasteiger partial charge in [-0.25, -0.2) is 14.2 Å². The van der Waals surface area contributed by atoms with Crippen molar-refractivity contribution in [1.29, 1.82) is 0 Å². The maximum Gasteiger partial charge on any atom is 0.361 e. The van der Waals surface area contributed by atoms with Gasteiger partial charge in [-0.05, 0) is 31.5 Å². The molecule has 8 heteroatoms. The average molecular weight is 330 g/mol. The quantitative estimate of drug-likeness (QED) is 0.719. The van der Waals surface area contributed by atoms with Gasteiger partial charge in [0.2, 0.25) is 5.69 Å². The lowest BCUT2D eigenvalue weighted by Crippen LogP contribution is -2.08. The summed E-state index contributed by atoms with van der Waals surface area (Å²) in [5.74, 6) is -0.0296. The van der Waals surface area contributed by atoms with E-state index in [-0.39, 0.29) is 23.8 Å². The highest BCUT2D eigenvalue weighted by Gasteiger charge is 2.22. The van der Waals surface area contributed by atoms with E-state index in [9.17, 15) is 9.18 Å². The number of nitrogens with zero attached hydrogens (tertiary/aromatic N) is 3. The van der Waals surface area contributed by atoms with Crippen LogP contribution in [0.25, 0.3) is 11.1 Å². The highest BCUT2D eigenvalue weighted by atomic mass is 19.1. The summed E-state index contributed by atoms with van der Waals surface area (Å²) in [6.07, 6.45) is 0. The summed E-state index contributed by atoms with van der Waals surface area (Å²) >= 11 is 0. The minimum absolute atomic E-state index is 0.0217. The number of ether oxygens (including phenoxy) is 1. The summed E-state index contributed by atoms with van der Waals surface area (Å²) in [7, 11) is 0. The number of nitrogens with one attached hydrogen (secondary N) is 1. The second-order valence-electron chi connectivity index (χ2n) is 5.03. The Morgan fingerprint density at radius 2 is 2.04 bits per heavy atom. The molecule has 0 aliphatic rings. The van der Waals surface area contributed by atoms with Gasteiger partial charge in [-0.1, -0.05) is 17.3 Å². The van der Waals surface area contributed by atoms with Crippen molar-refractivity contribution in [3.8, 4) is 0 Å². The molecule has 1 aromatic carbocycles. The molecule has 7 nitrogen and oxygen atoms in total. The summed E-state index contributed by atoms with van der Waals surface area (Å²) in [4.78, 5) is 20.4. The topological polar surface area (TPSA) is 90.1 Å². The van der Waals surface area contributed by atoms with Crippen molar-refractivity contribution in [3.05, 3.63) is 47.2 Å². The van der Waals surface area contributed by atoms with Gasteiger partial charge in [-0.15, -0.1) is 0 Å². The van der Waals surface area contributed by atoms with Crippen molar-refractivity contribution in [2.75, 3.05) is 11.9 Å². The fourth-order valence-corrected chi connectivity index (χ4v) is 2.22. The lowest BCUT2D eigenvalue weighted by Gasteiger charge is -2.08. The zero-order valence-corrected chi connectivity index (χ0v) is 13.2. The second-order valence-corrected chi connectivity index (χ2v) is 5.03. The van der Waals surface area contributed by atoms with Crippen molar-refractivity contribution in [2.24, 2.45) is 0 Å². The largest absolute Gasteiger partial charge is 0.461 e.